The van der Waals surface area contributed by atoms with Crippen LogP contribution in [0.25, 0.3) is 11.0 Å². The number of nitrogens with one attached hydrogen (secondary N) is 1. The highest BCUT2D eigenvalue weighted by Crippen LogP contribution is 2.46. The van der Waals surface area contributed by atoms with Gasteiger partial charge in [0.05, 0.1) is 22.6 Å². The van der Waals surface area contributed by atoms with Crippen molar-refractivity contribution >= 4 is 22.8 Å². The van der Waals surface area contributed by atoms with Gasteiger partial charge in [-0.3, -0.25) is 4.79 Å². The zero-order chi connectivity index (χ0) is 18.4. The standard InChI is InChI=1S/C20H18N6O/c21-11-14-2-1-3-15(10-14)19(27)26-9-8-25(12-20(26)5-6-20)18-16-4-7-22-17(16)23-13-24-18/h1-4,7,10,13H,5-6,8-9,12H2,(H,22,23,24). The van der Waals surface area contributed by atoms with Crippen LogP contribution in [0.3, 0.4) is 0 Å². The molecule has 0 unspecified atom stereocenters. The SMILES string of the molecule is N#Cc1cccc(C(=O)N2CCN(c3ncnc4[nH]ccc34)CC23CC3)c1. The molecule has 27 heavy (non-hydrogen) atoms. The Morgan fingerprint density at radius 2 is 2.11 bits per heavy atom. The van der Waals surface area contributed by atoms with Crippen molar-refractivity contribution in [2.75, 3.05) is 24.5 Å². The Bertz CT molecular complexity index is 1080. The van der Waals surface area contributed by atoms with E-state index in [2.05, 4.69) is 25.9 Å². The van der Waals surface area contributed by atoms with Crippen LogP contribution in [0.5, 0.6) is 0 Å². The predicted octanol–water partition coefficient (Wildman–Crippen LogP) is 2.32. The Morgan fingerprint density at radius 3 is 2.93 bits per heavy atom. The monoisotopic (exact) mass is 358 g/mol. The number of nitrogens with zero attached hydrogens (tertiary/aromatic N) is 5. The molecule has 7 nitrogen and oxygen atoms in total. The van der Waals surface area contributed by atoms with Crippen LogP contribution in [0.15, 0.2) is 42.9 Å². The van der Waals surface area contributed by atoms with Crippen molar-refractivity contribution in [2.45, 2.75) is 18.4 Å². The van der Waals surface area contributed by atoms with Crippen LogP contribution < -0.4 is 4.90 Å². The Labute approximate surface area is 156 Å². The van der Waals surface area contributed by atoms with Gasteiger partial charge in [-0.05, 0) is 37.1 Å². The van der Waals surface area contributed by atoms with Crippen molar-refractivity contribution in [3.63, 3.8) is 0 Å². The number of nitriles is 1. The van der Waals surface area contributed by atoms with Gasteiger partial charge in [0.2, 0.25) is 0 Å². The van der Waals surface area contributed by atoms with Gasteiger partial charge in [0.25, 0.3) is 5.91 Å². The third-order valence-electron chi connectivity index (χ3n) is 5.59. The number of aromatic nitrogens is 3. The van der Waals surface area contributed by atoms with Gasteiger partial charge in [0.15, 0.2) is 0 Å². The van der Waals surface area contributed by atoms with Crippen LogP contribution >= 0.6 is 0 Å². The summed E-state index contributed by atoms with van der Waals surface area (Å²) in [5, 5.41) is 10.1. The fraction of sp³-hybridized carbons (Fsp3) is 0.300. The summed E-state index contributed by atoms with van der Waals surface area (Å²) < 4.78 is 0. The summed E-state index contributed by atoms with van der Waals surface area (Å²) in [7, 11) is 0. The number of piperazine rings is 1. The lowest BCUT2D eigenvalue weighted by Gasteiger charge is -2.42. The number of H-pyrrole nitrogens is 1. The van der Waals surface area contributed by atoms with E-state index in [0.717, 1.165) is 42.8 Å². The Hall–Kier alpha value is -3.40. The summed E-state index contributed by atoms with van der Waals surface area (Å²) >= 11 is 0. The van der Waals surface area contributed by atoms with Gasteiger partial charge >= 0.3 is 0 Å². The molecule has 1 saturated heterocycles. The molecule has 7 heteroatoms. The molecule has 2 fully saturated rings. The van der Waals surface area contributed by atoms with Crippen LogP contribution in [-0.2, 0) is 0 Å². The molecular formula is C20H18N6O. The number of carbonyl (C=O) groups is 1. The molecule has 1 amide bonds. The molecule has 2 aromatic heterocycles. The molecule has 2 aliphatic rings. The molecule has 3 heterocycles. The topological polar surface area (TPSA) is 88.9 Å². The van der Waals surface area contributed by atoms with Crippen LogP contribution in [0.2, 0.25) is 0 Å². The van der Waals surface area contributed by atoms with E-state index in [1.165, 1.54) is 0 Å². The number of carbonyl (C=O) groups excluding carboxylic acids is 1. The first-order valence-corrected chi connectivity index (χ1v) is 9.05. The number of benzene rings is 1. The van der Waals surface area contributed by atoms with Gasteiger partial charge in [-0.1, -0.05) is 6.07 Å². The van der Waals surface area contributed by atoms with E-state index < -0.39 is 0 Å². The maximum absolute atomic E-state index is 13.1. The number of aromatic amines is 1. The molecule has 0 radical (unpaired) electrons. The summed E-state index contributed by atoms with van der Waals surface area (Å²) in [4.78, 5) is 29.3. The largest absolute Gasteiger partial charge is 0.352 e. The molecule has 134 valence electrons. The van der Waals surface area contributed by atoms with E-state index in [9.17, 15) is 4.79 Å². The number of amides is 1. The number of hydrogen-bond acceptors (Lipinski definition) is 5. The van der Waals surface area contributed by atoms with E-state index in [4.69, 9.17) is 5.26 Å². The predicted molar refractivity (Wildman–Crippen MR) is 100 cm³/mol. The van der Waals surface area contributed by atoms with E-state index in [-0.39, 0.29) is 11.4 Å². The average molecular weight is 358 g/mol. The second-order valence-corrected chi connectivity index (χ2v) is 7.23. The van der Waals surface area contributed by atoms with Crippen molar-refractivity contribution in [1.82, 2.24) is 19.9 Å². The van der Waals surface area contributed by atoms with Gasteiger partial charge in [-0.15, -0.1) is 0 Å². The molecule has 1 aromatic carbocycles. The fourth-order valence-corrected chi connectivity index (χ4v) is 4.04. The summed E-state index contributed by atoms with van der Waals surface area (Å²) in [6, 6.07) is 11.1. The first-order chi connectivity index (χ1) is 13.2. The average Bonchev–Trinajstić information content (AvgIpc) is 3.29. The molecule has 0 bridgehead atoms. The maximum atomic E-state index is 13.1. The van der Waals surface area contributed by atoms with Crippen LogP contribution in [0.1, 0.15) is 28.8 Å². The molecule has 0 atom stereocenters. The van der Waals surface area contributed by atoms with Crippen LogP contribution in [0.4, 0.5) is 5.82 Å². The first-order valence-electron chi connectivity index (χ1n) is 9.05. The zero-order valence-corrected chi connectivity index (χ0v) is 14.7. The van der Waals surface area contributed by atoms with Crippen LogP contribution in [0, 0.1) is 11.3 Å². The van der Waals surface area contributed by atoms with Crippen molar-refractivity contribution in [2.24, 2.45) is 0 Å². The number of fused-ring (bicyclic) bond motifs is 1. The molecule has 3 aromatic rings. The molecule has 1 N–H and O–H groups in total. The summed E-state index contributed by atoms with van der Waals surface area (Å²) in [6.45, 7) is 2.14. The second kappa shape index (κ2) is 5.81. The molecule has 5 rings (SSSR count). The van der Waals surface area contributed by atoms with E-state index >= 15 is 0 Å². The summed E-state index contributed by atoms with van der Waals surface area (Å²) in [6.07, 6.45) is 5.44. The third kappa shape index (κ3) is 2.53. The lowest BCUT2D eigenvalue weighted by molar-refractivity contribution is 0.0624. The first kappa shape index (κ1) is 15.8. The highest BCUT2D eigenvalue weighted by molar-refractivity contribution is 5.96. The summed E-state index contributed by atoms with van der Waals surface area (Å²) in [5.74, 6) is 0.935. The number of hydrogen-bond donors (Lipinski definition) is 1. The van der Waals surface area contributed by atoms with E-state index in [1.54, 1.807) is 30.6 Å². The minimum Gasteiger partial charge on any atom is -0.352 e. The molecule has 1 aliphatic heterocycles. The fourth-order valence-electron chi connectivity index (χ4n) is 4.04. The van der Waals surface area contributed by atoms with Gasteiger partial charge in [-0.2, -0.15) is 5.26 Å². The van der Waals surface area contributed by atoms with Gasteiger partial charge in [0, 0.05) is 31.4 Å². The Kier molecular flexibility index (Phi) is 3.41. The minimum atomic E-state index is -0.133. The quantitative estimate of drug-likeness (QED) is 0.759. The van der Waals surface area contributed by atoms with Crippen molar-refractivity contribution in [3.8, 4) is 6.07 Å². The lowest BCUT2D eigenvalue weighted by Crippen LogP contribution is -2.57. The molecule has 1 spiro atoms. The highest BCUT2D eigenvalue weighted by Gasteiger charge is 2.53. The van der Waals surface area contributed by atoms with Gasteiger partial charge < -0.3 is 14.8 Å². The van der Waals surface area contributed by atoms with Gasteiger partial charge in [-0.25, -0.2) is 9.97 Å². The lowest BCUT2D eigenvalue weighted by atomic mass is 10.1. The molecular weight excluding hydrogens is 340 g/mol. The van der Waals surface area contributed by atoms with E-state index in [0.29, 0.717) is 17.7 Å². The highest BCUT2D eigenvalue weighted by atomic mass is 16.2. The number of anilines is 1. The van der Waals surface area contributed by atoms with Crippen LogP contribution in [-0.4, -0.2) is 50.9 Å². The normalized spacial score (nSPS) is 17.9. The van der Waals surface area contributed by atoms with Crippen molar-refractivity contribution in [3.05, 3.63) is 54.0 Å². The minimum absolute atomic E-state index is 0.0127. The Balaban J connectivity index is 1.42. The Morgan fingerprint density at radius 1 is 1.22 bits per heavy atom. The van der Waals surface area contributed by atoms with Gasteiger partial charge in [0.1, 0.15) is 17.8 Å². The summed E-state index contributed by atoms with van der Waals surface area (Å²) in [5.41, 5.74) is 1.80. The third-order valence-corrected chi connectivity index (χ3v) is 5.59. The maximum Gasteiger partial charge on any atom is 0.254 e. The molecule has 1 saturated carbocycles. The smallest absolute Gasteiger partial charge is 0.254 e. The van der Waals surface area contributed by atoms with Crippen molar-refractivity contribution < 1.29 is 4.79 Å². The number of rotatable bonds is 2. The molecule has 1 aliphatic carbocycles. The zero-order valence-electron chi connectivity index (χ0n) is 14.7. The van der Waals surface area contributed by atoms with Crippen molar-refractivity contribution in [1.29, 1.82) is 5.26 Å². The second-order valence-electron chi connectivity index (χ2n) is 7.23. The van der Waals surface area contributed by atoms with E-state index in [1.807, 2.05) is 17.2 Å².